The van der Waals surface area contributed by atoms with E-state index in [4.69, 9.17) is 63.1 Å². The Morgan fingerprint density at radius 3 is 0.705 bits per heavy atom. The Labute approximate surface area is 364 Å². The van der Waals surface area contributed by atoms with Gasteiger partial charge in [0.05, 0.1) is 17.1 Å². The van der Waals surface area contributed by atoms with Gasteiger partial charge in [-0.1, -0.05) is 125 Å². The third kappa shape index (κ3) is 28.3. The Hall–Kier alpha value is -5.82. The topological polar surface area (TPSA) is 391 Å². The van der Waals surface area contributed by atoms with Crippen molar-refractivity contribution in [2.45, 2.75) is 0 Å². The van der Waals surface area contributed by atoms with Gasteiger partial charge in [0.15, 0.2) is 0 Å². The summed E-state index contributed by atoms with van der Waals surface area (Å²) in [5.41, 5.74) is 5.96. The second-order valence-electron chi connectivity index (χ2n) is 9.84. The summed E-state index contributed by atoms with van der Waals surface area (Å²) in [6.45, 7) is 0. The molecule has 3 heterocycles. The Balaban J connectivity index is -0.000000708. The van der Waals surface area contributed by atoms with E-state index >= 15 is 0 Å². The molecule has 3 aromatic heterocycles. The second-order valence-corrected chi connectivity index (χ2v) is 11.4. The third-order valence-electron chi connectivity index (χ3n) is 6.16. The van der Waals surface area contributed by atoms with Crippen LogP contribution in [0.25, 0.3) is 0 Å². The van der Waals surface area contributed by atoms with Crippen molar-refractivity contribution in [3.63, 3.8) is 0 Å². The van der Waals surface area contributed by atoms with Crippen LogP contribution in [0.2, 0.25) is 0 Å². The van der Waals surface area contributed by atoms with Crippen LogP contribution in [0, 0.1) is 20.5 Å². The number of aliphatic hydroxyl groups is 2. The van der Waals surface area contributed by atoms with E-state index in [2.05, 4.69) is 30.4 Å². The summed E-state index contributed by atoms with van der Waals surface area (Å²) in [5.74, 6) is 0. The number of oxime groups is 3. The third-order valence-corrected chi connectivity index (χ3v) is 6.16. The molecule has 0 aliphatic heterocycles. The zero-order valence-electron chi connectivity index (χ0n) is 31.8. The maximum Gasteiger partial charge on any atom is 0.135 e. The average Bonchev–Trinajstić information content (AvgIpc) is 3.25. The molecule has 6 N–H and O–H groups in total. The van der Waals surface area contributed by atoms with E-state index in [1.807, 2.05) is 146 Å². The number of halogens is 2. The molecule has 333 valence electrons. The second kappa shape index (κ2) is 35.0. The van der Waals surface area contributed by atoms with Crippen LogP contribution >= 0.6 is 0 Å². The zero-order chi connectivity index (χ0) is 44.5. The van der Waals surface area contributed by atoms with Gasteiger partial charge in [-0.15, -0.1) is 20.5 Å². The van der Waals surface area contributed by atoms with Crippen molar-refractivity contribution in [2.75, 3.05) is 14.2 Å². The Kier molecular flexibility index (Phi) is 34.1. The molecule has 0 spiro atoms. The standard InChI is InChI=1S/3C12H10N2O.2CH4O.2ClHO4.Cu.H2O/c3*15-14-12(10-6-2-1-3-7-10)11-8-4-5-9-13-11;2*1-2;2*2-1(3,4)5;;/h3*1-9,15H;2*2H,1H3;2*(H,2,3,4,5);;1H2/p-3/b3*14-12+;;;;;;. The molecule has 0 saturated heterocycles. The number of aromatic nitrogens is 3. The average molecular weight is 938 g/mol. The molecule has 0 amide bonds. The van der Waals surface area contributed by atoms with Crippen LogP contribution in [0.5, 0.6) is 0 Å². The smallest absolute Gasteiger partial charge is 0.135 e. The number of pyridine rings is 3. The van der Waals surface area contributed by atoms with E-state index in [1.165, 1.54) is 0 Å². The summed E-state index contributed by atoms with van der Waals surface area (Å²) in [5, 5.41) is 50.8. The first-order valence-corrected chi connectivity index (χ1v) is 18.4. The molecule has 61 heavy (non-hydrogen) atoms. The van der Waals surface area contributed by atoms with Gasteiger partial charge in [-0.3, -0.25) is 15.0 Å². The summed E-state index contributed by atoms with van der Waals surface area (Å²) in [4.78, 5) is 12.4. The first-order valence-electron chi connectivity index (χ1n) is 15.9. The molecule has 20 nitrogen and oxygen atoms in total. The number of aliphatic hydroxyl groups excluding tert-OH is 2. The van der Waals surface area contributed by atoms with Gasteiger partial charge in [0.2, 0.25) is 0 Å². The van der Waals surface area contributed by atoms with E-state index < -0.39 is 20.5 Å². The zero-order valence-corrected chi connectivity index (χ0v) is 34.2. The molecule has 0 unspecified atom stereocenters. The number of hydrogen-bond acceptors (Lipinski definition) is 20. The van der Waals surface area contributed by atoms with E-state index in [0.29, 0.717) is 34.2 Å². The molecule has 0 bridgehead atoms. The quantitative estimate of drug-likeness (QED) is 0.0467. The normalized spacial score (nSPS) is 10.5. The summed E-state index contributed by atoms with van der Waals surface area (Å²) in [6, 6.07) is 44.8. The molecule has 1 radical (unpaired) electrons. The van der Waals surface area contributed by atoms with E-state index in [1.54, 1.807) is 18.6 Å². The van der Waals surface area contributed by atoms with Crippen LogP contribution in [-0.2, 0) is 17.1 Å². The molecular weight excluding hydrogens is 899 g/mol. The van der Waals surface area contributed by atoms with E-state index in [9.17, 15) is 0 Å². The fourth-order valence-corrected chi connectivity index (χ4v) is 4.07. The molecule has 0 fully saturated rings. The van der Waals surface area contributed by atoms with Crippen LogP contribution in [0.3, 0.4) is 0 Å². The van der Waals surface area contributed by atoms with E-state index in [0.717, 1.165) is 30.9 Å². The summed E-state index contributed by atoms with van der Waals surface area (Å²) in [7, 11) is -7.89. The van der Waals surface area contributed by atoms with Gasteiger partial charge in [-0.2, -0.15) is 0 Å². The molecule has 3 aromatic carbocycles. The molecular formula is C38H39Cl2CuN6O14-3. The molecule has 0 atom stereocenters. The molecule has 6 rings (SSSR count). The maximum absolute atomic E-state index is 8.98. The SMILES string of the molecule is CO.CO.O/N=C(\c1ccccc1)c1ccccn1.O/N=C(\c1ccccc1)c1ccccn1.O/N=C(\c1ccccc1)c1ccccn1.[Cu].[O-][Cl+3]([O-])([O-])[O-].[O-][Cl+3]([O-])([O-])[O-].[OH-]. The van der Waals surface area contributed by atoms with Gasteiger partial charge < -0.3 is 31.3 Å². The molecule has 0 aliphatic carbocycles. The molecule has 6 aromatic rings. The van der Waals surface area contributed by atoms with Crippen LogP contribution < -0.4 is 37.3 Å². The van der Waals surface area contributed by atoms with Gasteiger partial charge in [0.25, 0.3) is 0 Å². The number of rotatable bonds is 6. The minimum absolute atomic E-state index is 0. The number of hydrogen-bond donors (Lipinski definition) is 5. The predicted molar refractivity (Wildman–Crippen MR) is 193 cm³/mol. The summed E-state index contributed by atoms with van der Waals surface area (Å²) in [6.07, 6.45) is 5.01. The van der Waals surface area contributed by atoms with Crippen molar-refractivity contribution in [3.8, 4) is 0 Å². The van der Waals surface area contributed by atoms with Crippen molar-refractivity contribution in [1.82, 2.24) is 15.0 Å². The Morgan fingerprint density at radius 1 is 0.377 bits per heavy atom. The van der Waals surface area contributed by atoms with Crippen molar-refractivity contribution in [1.29, 1.82) is 0 Å². The van der Waals surface area contributed by atoms with Gasteiger partial charge in [-0.25, -0.2) is 37.3 Å². The number of nitrogens with zero attached hydrogens (tertiary/aromatic N) is 6. The van der Waals surface area contributed by atoms with Gasteiger partial charge in [-0.05, 0) is 36.4 Å². The van der Waals surface area contributed by atoms with Crippen LogP contribution in [0.4, 0.5) is 0 Å². The van der Waals surface area contributed by atoms with Crippen molar-refractivity contribution >= 4 is 17.1 Å². The van der Waals surface area contributed by atoms with Gasteiger partial charge in [0.1, 0.15) is 17.1 Å². The monoisotopic (exact) mass is 936 g/mol. The first kappa shape index (κ1) is 59.5. The molecule has 0 aliphatic rings. The molecule has 0 saturated carbocycles. The van der Waals surface area contributed by atoms with Crippen molar-refractivity contribution < 1.29 is 106 Å². The minimum Gasteiger partial charge on any atom is -0.870 e. The van der Waals surface area contributed by atoms with Crippen molar-refractivity contribution in [2.24, 2.45) is 15.5 Å². The summed E-state index contributed by atoms with van der Waals surface area (Å²) < 4.78 is 67.9. The van der Waals surface area contributed by atoms with Crippen LogP contribution in [0.1, 0.15) is 33.8 Å². The molecule has 23 heteroatoms. The fraction of sp³-hybridized carbons (Fsp3) is 0.0526. The maximum atomic E-state index is 8.98. The van der Waals surface area contributed by atoms with Crippen LogP contribution in [0.15, 0.2) is 180 Å². The fourth-order valence-electron chi connectivity index (χ4n) is 4.07. The number of benzene rings is 3. The first-order chi connectivity index (χ1) is 28.2. The summed E-state index contributed by atoms with van der Waals surface area (Å²) >= 11 is 0. The predicted octanol–water partition coefficient (Wildman–Crippen LogP) is -3.55. The van der Waals surface area contributed by atoms with Crippen molar-refractivity contribution in [3.05, 3.63) is 198 Å². The van der Waals surface area contributed by atoms with E-state index in [-0.39, 0.29) is 22.5 Å². The Bertz CT molecular complexity index is 1660. The van der Waals surface area contributed by atoms with Crippen LogP contribution in [-0.4, -0.2) is 77.6 Å². The van der Waals surface area contributed by atoms with Gasteiger partial charge in [0, 0.05) is 66.6 Å². The minimum atomic E-state index is -4.94. The largest absolute Gasteiger partial charge is 0.870 e. The Morgan fingerprint density at radius 2 is 0.557 bits per heavy atom. The van der Waals surface area contributed by atoms with Gasteiger partial charge >= 0.3 is 0 Å².